The summed E-state index contributed by atoms with van der Waals surface area (Å²) in [6.45, 7) is 1.97. The number of nitrogens with one attached hydrogen (secondary N) is 1. The molecule has 2 heterocycles. The van der Waals surface area contributed by atoms with Gasteiger partial charge in [0.05, 0.1) is 19.1 Å². The summed E-state index contributed by atoms with van der Waals surface area (Å²) in [5.41, 5.74) is 3.80. The highest BCUT2D eigenvalue weighted by molar-refractivity contribution is 7.89. The molecule has 0 aliphatic carbocycles. The lowest BCUT2D eigenvalue weighted by atomic mass is 9.97. The Labute approximate surface area is 187 Å². The first-order valence-electron chi connectivity index (χ1n) is 10.1. The third kappa shape index (κ3) is 4.77. The molecule has 3 aromatic rings. The molecule has 0 spiro atoms. The van der Waals surface area contributed by atoms with E-state index in [0.717, 1.165) is 25.1 Å². The van der Waals surface area contributed by atoms with Gasteiger partial charge in [-0.2, -0.15) is 11.3 Å². The van der Waals surface area contributed by atoms with Gasteiger partial charge in [-0.15, -0.1) is 0 Å². The molecule has 31 heavy (non-hydrogen) atoms. The van der Waals surface area contributed by atoms with Gasteiger partial charge in [0.25, 0.3) is 0 Å². The Kier molecular flexibility index (Phi) is 6.62. The molecule has 0 fully saturated rings. The predicted molar refractivity (Wildman–Crippen MR) is 122 cm³/mol. The van der Waals surface area contributed by atoms with E-state index in [1.54, 1.807) is 17.4 Å². The van der Waals surface area contributed by atoms with Crippen LogP contribution < -0.4 is 14.2 Å². The topological polar surface area (TPSA) is 67.9 Å². The summed E-state index contributed by atoms with van der Waals surface area (Å²) in [4.78, 5) is 2.50. The third-order valence-electron chi connectivity index (χ3n) is 5.66. The molecular formula is C23H26N2O4S2. The number of ether oxygens (including phenoxy) is 2. The molecule has 4 rings (SSSR count). The van der Waals surface area contributed by atoms with Crippen LogP contribution in [0.25, 0.3) is 0 Å². The fourth-order valence-corrected chi connectivity index (χ4v) is 5.72. The largest absolute Gasteiger partial charge is 0.493 e. The third-order valence-corrected chi connectivity index (χ3v) is 7.78. The van der Waals surface area contributed by atoms with Crippen LogP contribution in [0.5, 0.6) is 11.5 Å². The second-order valence-corrected chi connectivity index (χ2v) is 9.98. The molecule has 1 N–H and O–H groups in total. The molecule has 6 nitrogen and oxygen atoms in total. The van der Waals surface area contributed by atoms with Gasteiger partial charge in [0.15, 0.2) is 11.5 Å². The first-order chi connectivity index (χ1) is 15.0. The molecule has 0 bridgehead atoms. The van der Waals surface area contributed by atoms with Crippen LogP contribution in [0.2, 0.25) is 0 Å². The van der Waals surface area contributed by atoms with Crippen molar-refractivity contribution in [3.63, 3.8) is 0 Å². The number of benzene rings is 2. The van der Waals surface area contributed by atoms with Crippen molar-refractivity contribution < 1.29 is 17.9 Å². The average molecular weight is 459 g/mol. The molecule has 1 aliphatic rings. The summed E-state index contributed by atoms with van der Waals surface area (Å²) in [5.74, 6) is 0.872. The molecule has 0 radical (unpaired) electrons. The summed E-state index contributed by atoms with van der Waals surface area (Å²) in [6.07, 6.45) is 0.958. The number of rotatable bonds is 8. The lowest BCUT2D eigenvalue weighted by molar-refractivity contribution is 0.181. The Bertz CT molecular complexity index is 1130. The number of nitrogens with zero attached hydrogens (tertiary/aromatic N) is 1. The van der Waals surface area contributed by atoms with E-state index < -0.39 is 10.0 Å². The van der Waals surface area contributed by atoms with Crippen LogP contribution in [-0.2, 0) is 23.0 Å². The number of thiophene rings is 1. The van der Waals surface area contributed by atoms with Crippen LogP contribution in [0.1, 0.15) is 22.7 Å². The van der Waals surface area contributed by atoms with Gasteiger partial charge in [-0.3, -0.25) is 4.90 Å². The molecule has 8 heteroatoms. The van der Waals surface area contributed by atoms with Crippen molar-refractivity contribution in [2.24, 2.45) is 0 Å². The van der Waals surface area contributed by atoms with Crippen molar-refractivity contribution >= 4 is 21.4 Å². The van der Waals surface area contributed by atoms with E-state index in [1.165, 1.54) is 37.5 Å². The van der Waals surface area contributed by atoms with Gasteiger partial charge in [0.1, 0.15) is 0 Å². The minimum atomic E-state index is -3.71. The van der Waals surface area contributed by atoms with Crippen LogP contribution in [0.3, 0.4) is 0 Å². The normalized spacial score (nSPS) is 15.3. The van der Waals surface area contributed by atoms with Gasteiger partial charge < -0.3 is 9.47 Å². The van der Waals surface area contributed by atoms with Gasteiger partial charge in [-0.25, -0.2) is 13.1 Å². The first kappa shape index (κ1) is 21.8. The van der Waals surface area contributed by atoms with E-state index in [0.29, 0.717) is 11.5 Å². The van der Waals surface area contributed by atoms with E-state index in [1.807, 2.05) is 5.38 Å². The highest BCUT2D eigenvalue weighted by Crippen LogP contribution is 2.31. The van der Waals surface area contributed by atoms with E-state index in [4.69, 9.17) is 9.47 Å². The zero-order valence-corrected chi connectivity index (χ0v) is 19.2. The summed E-state index contributed by atoms with van der Waals surface area (Å²) in [5, 5.41) is 4.12. The second-order valence-electron chi connectivity index (χ2n) is 7.43. The summed E-state index contributed by atoms with van der Waals surface area (Å²) in [6, 6.07) is 15.1. The average Bonchev–Trinajstić information content (AvgIpc) is 3.33. The SMILES string of the molecule is COc1ccc(S(=O)(=O)NC[C@H](c2ccsc2)N2CCc3ccccc3C2)cc1OC. The van der Waals surface area contributed by atoms with Gasteiger partial charge >= 0.3 is 0 Å². The van der Waals surface area contributed by atoms with Crippen LogP contribution >= 0.6 is 11.3 Å². The molecule has 1 aromatic heterocycles. The molecule has 0 amide bonds. The second kappa shape index (κ2) is 9.40. The minimum Gasteiger partial charge on any atom is -0.493 e. The number of fused-ring (bicyclic) bond motifs is 1. The summed E-state index contributed by atoms with van der Waals surface area (Å²) < 4.78 is 39.4. The monoisotopic (exact) mass is 458 g/mol. The molecular weight excluding hydrogens is 432 g/mol. The number of hydrogen-bond acceptors (Lipinski definition) is 6. The van der Waals surface area contributed by atoms with Crippen LogP contribution in [0.4, 0.5) is 0 Å². The smallest absolute Gasteiger partial charge is 0.240 e. The van der Waals surface area contributed by atoms with Crippen LogP contribution in [-0.4, -0.2) is 40.6 Å². The lowest BCUT2D eigenvalue weighted by Gasteiger charge is -2.35. The molecule has 0 unspecified atom stereocenters. The Morgan fingerprint density at radius 3 is 2.55 bits per heavy atom. The van der Waals surface area contributed by atoms with Crippen molar-refractivity contribution in [3.05, 3.63) is 76.0 Å². The number of hydrogen-bond donors (Lipinski definition) is 1. The Morgan fingerprint density at radius 2 is 1.84 bits per heavy atom. The van der Waals surface area contributed by atoms with Gasteiger partial charge in [-0.1, -0.05) is 24.3 Å². The molecule has 0 saturated heterocycles. The number of methoxy groups -OCH3 is 2. The number of sulfonamides is 1. The Balaban J connectivity index is 1.55. The van der Waals surface area contributed by atoms with Crippen LogP contribution in [0.15, 0.2) is 64.2 Å². The van der Waals surface area contributed by atoms with E-state index >= 15 is 0 Å². The van der Waals surface area contributed by atoms with E-state index in [2.05, 4.69) is 45.3 Å². The quantitative estimate of drug-likeness (QED) is 0.556. The highest BCUT2D eigenvalue weighted by atomic mass is 32.2. The summed E-state index contributed by atoms with van der Waals surface area (Å²) >= 11 is 1.62. The van der Waals surface area contributed by atoms with E-state index in [-0.39, 0.29) is 17.5 Å². The Hall–Kier alpha value is -2.39. The first-order valence-corrected chi connectivity index (χ1v) is 12.5. The van der Waals surface area contributed by atoms with E-state index in [9.17, 15) is 8.42 Å². The van der Waals surface area contributed by atoms with Crippen molar-refractivity contribution in [1.82, 2.24) is 9.62 Å². The molecule has 2 aromatic carbocycles. The maximum atomic E-state index is 13.0. The maximum absolute atomic E-state index is 13.0. The Morgan fingerprint density at radius 1 is 1.06 bits per heavy atom. The van der Waals surface area contributed by atoms with Gasteiger partial charge in [-0.05, 0) is 52.1 Å². The standard InChI is InChI=1S/C23H26N2O4S2/c1-28-22-8-7-20(13-23(22)29-2)31(26,27)24-14-21(19-10-12-30-16-19)25-11-9-17-5-3-4-6-18(17)15-25/h3-8,10,12-13,16,21,24H,9,11,14-15H2,1-2H3/t21-/m1/s1. The molecule has 1 atom stereocenters. The zero-order valence-electron chi connectivity index (χ0n) is 17.6. The van der Waals surface area contributed by atoms with Gasteiger partial charge in [0.2, 0.25) is 10.0 Å². The summed E-state index contributed by atoms with van der Waals surface area (Å²) in [7, 11) is -0.703. The zero-order chi connectivity index (χ0) is 21.8. The maximum Gasteiger partial charge on any atom is 0.240 e. The fourth-order valence-electron chi connectivity index (χ4n) is 3.96. The molecule has 0 saturated carbocycles. The van der Waals surface area contributed by atoms with Crippen molar-refractivity contribution in [2.45, 2.75) is 23.9 Å². The van der Waals surface area contributed by atoms with Crippen LogP contribution in [0, 0.1) is 0 Å². The van der Waals surface area contributed by atoms with Crippen molar-refractivity contribution in [1.29, 1.82) is 0 Å². The van der Waals surface area contributed by atoms with Crippen molar-refractivity contribution in [3.8, 4) is 11.5 Å². The molecule has 164 valence electrons. The molecule has 1 aliphatic heterocycles. The van der Waals surface area contributed by atoms with Gasteiger partial charge in [0, 0.05) is 31.7 Å². The lowest BCUT2D eigenvalue weighted by Crippen LogP contribution is -2.40. The fraction of sp³-hybridized carbons (Fsp3) is 0.304. The predicted octanol–water partition coefficient (Wildman–Crippen LogP) is 3.84. The van der Waals surface area contributed by atoms with Crippen molar-refractivity contribution in [2.75, 3.05) is 27.3 Å². The minimum absolute atomic E-state index is 0.0467. The highest BCUT2D eigenvalue weighted by Gasteiger charge is 2.27.